The molecule has 0 radical (unpaired) electrons. The third kappa shape index (κ3) is 3.88. The fraction of sp³-hybridized carbons (Fsp3) is 0.389. The number of amidine groups is 1. The van der Waals surface area contributed by atoms with Crippen molar-refractivity contribution < 1.29 is 9.53 Å². The molecule has 1 aromatic carbocycles. The van der Waals surface area contributed by atoms with Crippen LogP contribution in [-0.4, -0.2) is 48.4 Å². The number of aryl methyl sites for hydroxylation is 1. The van der Waals surface area contributed by atoms with E-state index in [0.717, 1.165) is 24.2 Å². The largest absolute Gasteiger partial charge is 0.377 e. The number of benzene rings is 1. The number of nitrogens with zero attached hydrogens (tertiary/aromatic N) is 2. The van der Waals surface area contributed by atoms with E-state index >= 15 is 0 Å². The number of rotatable bonds is 4. The van der Waals surface area contributed by atoms with Crippen LogP contribution in [0.5, 0.6) is 0 Å². The third-order valence-corrected chi connectivity index (χ3v) is 4.31. The molecule has 0 bridgehead atoms. The number of carbonyl (C=O) groups excluding carboxylic acids is 1. The van der Waals surface area contributed by atoms with E-state index in [1.54, 1.807) is 0 Å². The van der Waals surface area contributed by atoms with E-state index in [9.17, 15) is 4.79 Å². The van der Waals surface area contributed by atoms with Crippen LogP contribution < -0.4 is 10.6 Å². The van der Waals surface area contributed by atoms with Crippen LogP contribution in [-0.2, 0) is 9.53 Å². The Labute approximate surface area is 147 Å². The second-order valence-electron chi connectivity index (χ2n) is 6.07. The Bertz CT molecular complexity index is 741. The Morgan fingerprint density at radius 1 is 1.48 bits per heavy atom. The molecule has 0 aromatic heterocycles. The SMILES string of the molecule is CCOC1CCN(C2=NC(=N)/C(=C\Nc3ccccc3C)C(=O)N2)C1. The molecule has 2 heterocycles. The lowest BCUT2D eigenvalue weighted by Crippen LogP contribution is -2.48. The molecule has 7 nitrogen and oxygen atoms in total. The van der Waals surface area contributed by atoms with Gasteiger partial charge in [0.2, 0.25) is 5.96 Å². The molecule has 2 aliphatic rings. The van der Waals surface area contributed by atoms with Crippen LogP contribution in [0.4, 0.5) is 5.69 Å². The predicted molar refractivity (Wildman–Crippen MR) is 97.8 cm³/mol. The topological polar surface area (TPSA) is 89.8 Å². The molecule has 0 saturated carbocycles. The van der Waals surface area contributed by atoms with Crippen molar-refractivity contribution in [2.45, 2.75) is 26.4 Å². The minimum Gasteiger partial charge on any atom is -0.377 e. The molecule has 2 aliphatic heterocycles. The maximum atomic E-state index is 12.4. The van der Waals surface area contributed by atoms with E-state index in [1.807, 2.05) is 43.0 Å². The number of para-hydroxylation sites is 1. The van der Waals surface area contributed by atoms with Crippen molar-refractivity contribution >= 4 is 23.4 Å². The second-order valence-corrected chi connectivity index (χ2v) is 6.07. The quantitative estimate of drug-likeness (QED) is 0.729. The van der Waals surface area contributed by atoms with Crippen molar-refractivity contribution in [3.8, 4) is 0 Å². The highest BCUT2D eigenvalue weighted by atomic mass is 16.5. The van der Waals surface area contributed by atoms with E-state index in [2.05, 4.69) is 15.6 Å². The number of ether oxygens (including phenoxy) is 1. The third-order valence-electron chi connectivity index (χ3n) is 4.31. The number of hydrogen-bond donors (Lipinski definition) is 3. The lowest BCUT2D eigenvalue weighted by molar-refractivity contribution is -0.116. The van der Waals surface area contributed by atoms with Crippen LogP contribution >= 0.6 is 0 Å². The fourth-order valence-corrected chi connectivity index (χ4v) is 2.93. The van der Waals surface area contributed by atoms with E-state index in [1.165, 1.54) is 6.20 Å². The molecule has 3 rings (SSSR count). The monoisotopic (exact) mass is 341 g/mol. The Morgan fingerprint density at radius 3 is 3.00 bits per heavy atom. The van der Waals surface area contributed by atoms with Gasteiger partial charge in [0.1, 0.15) is 0 Å². The van der Waals surface area contributed by atoms with Gasteiger partial charge in [-0.25, -0.2) is 0 Å². The molecule has 1 aromatic rings. The number of amides is 1. The number of aliphatic imine (C=N–C) groups is 1. The van der Waals surface area contributed by atoms with E-state index < -0.39 is 0 Å². The van der Waals surface area contributed by atoms with E-state index in [0.29, 0.717) is 19.1 Å². The first-order valence-electron chi connectivity index (χ1n) is 8.46. The van der Waals surface area contributed by atoms with Gasteiger partial charge in [-0.15, -0.1) is 0 Å². The molecular weight excluding hydrogens is 318 g/mol. The Balaban J connectivity index is 1.70. The van der Waals surface area contributed by atoms with Crippen LogP contribution in [0.15, 0.2) is 41.0 Å². The first-order valence-corrected chi connectivity index (χ1v) is 8.46. The van der Waals surface area contributed by atoms with Gasteiger partial charge >= 0.3 is 0 Å². The zero-order chi connectivity index (χ0) is 17.8. The van der Waals surface area contributed by atoms with Crippen molar-refractivity contribution in [2.24, 2.45) is 4.99 Å². The highest BCUT2D eigenvalue weighted by molar-refractivity contribution is 6.28. The van der Waals surface area contributed by atoms with Crippen molar-refractivity contribution in [3.63, 3.8) is 0 Å². The molecule has 1 fully saturated rings. The average molecular weight is 341 g/mol. The Kier molecular flexibility index (Phi) is 5.14. The van der Waals surface area contributed by atoms with Gasteiger partial charge in [-0.3, -0.25) is 15.5 Å². The van der Waals surface area contributed by atoms with Gasteiger partial charge in [-0.1, -0.05) is 18.2 Å². The molecule has 1 atom stereocenters. The summed E-state index contributed by atoms with van der Waals surface area (Å²) in [6, 6.07) is 7.76. The molecule has 1 amide bonds. The van der Waals surface area contributed by atoms with Gasteiger partial charge in [-0.2, -0.15) is 4.99 Å². The van der Waals surface area contributed by atoms with Crippen LogP contribution in [0.25, 0.3) is 0 Å². The first kappa shape index (κ1) is 17.2. The fourth-order valence-electron chi connectivity index (χ4n) is 2.93. The van der Waals surface area contributed by atoms with E-state index in [-0.39, 0.29) is 23.4 Å². The van der Waals surface area contributed by atoms with Crippen molar-refractivity contribution in [2.75, 3.05) is 25.0 Å². The number of carbonyl (C=O) groups is 1. The lowest BCUT2D eigenvalue weighted by Gasteiger charge is -2.24. The highest BCUT2D eigenvalue weighted by Gasteiger charge is 2.30. The molecule has 132 valence electrons. The number of nitrogens with one attached hydrogen (secondary N) is 3. The van der Waals surface area contributed by atoms with Crippen LogP contribution in [0.2, 0.25) is 0 Å². The van der Waals surface area contributed by atoms with Gasteiger partial charge in [0, 0.05) is 31.6 Å². The summed E-state index contributed by atoms with van der Waals surface area (Å²) in [6.45, 7) is 6.06. The summed E-state index contributed by atoms with van der Waals surface area (Å²) in [5, 5.41) is 14.0. The van der Waals surface area contributed by atoms with Gasteiger partial charge in [0.15, 0.2) is 5.84 Å². The number of likely N-dealkylation sites (tertiary alicyclic amines) is 1. The van der Waals surface area contributed by atoms with Crippen molar-refractivity contribution in [1.29, 1.82) is 5.41 Å². The molecule has 7 heteroatoms. The molecule has 25 heavy (non-hydrogen) atoms. The van der Waals surface area contributed by atoms with Gasteiger partial charge < -0.3 is 15.0 Å². The summed E-state index contributed by atoms with van der Waals surface area (Å²) in [5.74, 6) is 0.0703. The summed E-state index contributed by atoms with van der Waals surface area (Å²) < 4.78 is 5.61. The summed E-state index contributed by atoms with van der Waals surface area (Å²) in [5.41, 5.74) is 2.17. The molecule has 1 saturated heterocycles. The van der Waals surface area contributed by atoms with E-state index in [4.69, 9.17) is 10.1 Å². The minimum atomic E-state index is -0.323. The Morgan fingerprint density at radius 2 is 2.28 bits per heavy atom. The highest BCUT2D eigenvalue weighted by Crippen LogP contribution is 2.17. The van der Waals surface area contributed by atoms with Gasteiger partial charge in [-0.05, 0) is 31.9 Å². The predicted octanol–water partition coefficient (Wildman–Crippen LogP) is 1.86. The minimum absolute atomic E-state index is 0.0419. The van der Waals surface area contributed by atoms with Crippen LogP contribution in [0, 0.1) is 12.3 Å². The van der Waals surface area contributed by atoms with Crippen LogP contribution in [0.3, 0.4) is 0 Å². The smallest absolute Gasteiger partial charge is 0.263 e. The van der Waals surface area contributed by atoms with Crippen LogP contribution in [0.1, 0.15) is 18.9 Å². The standard InChI is InChI=1S/C18H23N5O2/c1-3-25-13-8-9-23(11-13)18-21-16(19)14(17(24)22-18)10-20-15-7-5-4-6-12(15)2/h4-7,10,13,20H,3,8-9,11H2,1-2H3,(H2,19,21,22,24)/b14-10+. The van der Waals surface area contributed by atoms with Gasteiger partial charge in [0.05, 0.1) is 11.7 Å². The lowest BCUT2D eigenvalue weighted by atomic mass is 10.2. The number of hydrogen-bond acceptors (Lipinski definition) is 5. The molecule has 0 aliphatic carbocycles. The van der Waals surface area contributed by atoms with Crippen molar-refractivity contribution in [3.05, 3.63) is 41.6 Å². The number of anilines is 1. The molecule has 3 N–H and O–H groups in total. The molecule has 1 unspecified atom stereocenters. The summed E-state index contributed by atoms with van der Waals surface area (Å²) >= 11 is 0. The maximum absolute atomic E-state index is 12.4. The summed E-state index contributed by atoms with van der Waals surface area (Å²) in [6.07, 6.45) is 2.58. The summed E-state index contributed by atoms with van der Waals surface area (Å²) in [4.78, 5) is 18.6. The number of guanidine groups is 1. The zero-order valence-electron chi connectivity index (χ0n) is 14.5. The Hall–Kier alpha value is -2.67. The maximum Gasteiger partial charge on any atom is 0.263 e. The summed E-state index contributed by atoms with van der Waals surface area (Å²) in [7, 11) is 0. The van der Waals surface area contributed by atoms with Gasteiger partial charge in [0.25, 0.3) is 5.91 Å². The average Bonchev–Trinajstić information content (AvgIpc) is 3.04. The molecular formula is C18H23N5O2. The second kappa shape index (κ2) is 7.48. The molecule has 0 spiro atoms. The first-order chi connectivity index (χ1) is 12.1. The zero-order valence-corrected chi connectivity index (χ0v) is 14.5. The normalized spacial score (nSPS) is 22.2. The van der Waals surface area contributed by atoms with Crippen molar-refractivity contribution in [1.82, 2.24) is 10.2 Å².